The second-order valence-corrected chi connectivity index (χ2v) is 3.69. The summed E-state index contributed by atoms with van der Waals surface area (Å²) >= 11 is 0. The van der Waals surface area contributed by atoms with Gasteiger partial charge in [0.1, 0.15) is 0 Å². The highest BCUT2D eigenvalue weighted by molar-refractivity contribution is 5.78. The fraction of sp³-hybridized carbons (Fsp3) is 0.0909. The highest BCUT2D eigenvalue weighted by Crippen LogP contribution is 2.27. The molecular weight excluding hydrogens is 236 g/mol. The lowest BCUT2D eigenvalue weighted by molar-refractivity contribution is -0.384. The summed E-state index contributed by atoms with van der Waals surface area (Å²) in [6, 6.07) is 4.39. The predicted octanol–water partition coefficient (Wildman–Crippen LogP) is 1.56. The molecule has 0 saturated carbocycles. The van der Waals surface area contributed by atoms with Crippen molar-refractivity contribution in [1.29, 1.82) is 0 Å². The van der Waals surface area contributed by atoms with Crippen LogP contribution in [0.3, 0.4) is 0 Å². The molecule has 0 aliphatic heterocycles. The minimum absolute atomic E-state index is 0.0827. The van der Waals surface area contributed by atoms with Crippen LogP contribution >= 0.6 is 0 Å². The largest absolute Gasteiger partial charge is 0.328 e. The number of hydrogen-bond acceptors (Lipinski definition) is 4. The predicted molar refractivity (Wildman–Crippen MR) is 65.0 cm³/mol. The number of carbonyl (C=O) groups is 1. The third-order valence-corrected chi connectivity index (χ3v) is 2.39. The summed E-state index contributed by atoms with van der Waals surface area (Å²) in [4.78, 5) is 20.7. The highest BCUT2D eigenvalue weighted by Gasteiger charge is 2.11. The normalized spacial score (nSPS) is 10.1. The highest BCUT2D eigenvalue weighted by atomic mass is 16.6. The van der Waals surface area contributed by atoms with Gasteiger partial charge >= 0.3 is 0 Å². The van der Waals surface area contributed by atoms with Crippen LogP contribution in [0.15, 0.2) is 30.6 Å². The molecule has 18 heavy (non-hydrogen) atoms. The van der Waals surface area contributed by atoms with Gasteiger partial charge in [0.2, 0.25) is 6.41 Å². The average molecular weight is 246 g/mol. The summed E-state index contributed by atoms with van der Waals surface area (Å²) in [5.74, 6) is 0. The number of nitro groups is 1. The molecule has 0 atom stereocenters. The number of aryl methyl sites for hydroxylation is 1. The van der Waals surface area contributed by atoms with E-state index >= 15 is 0 Å². The van der Waals surface area contributed by atoms with Crippen LogP contribution in [0.5, 0.6) is 0 Å². The van der Waals surface area contributed by atoms with Crippen molar-refractivity contribution in [2.24, 2.45) is 7.05 Å². The Balaban J connectivity index is 2.52. The molecule has 1 aromatic carbocycles. The summed E-state index contributed by atoms with van der Waals surface area (Å²) in [6.07, 6.45) is 3.82. The van der Waals surface area contributed by atoms with Crippen LogP contribution in [0.25, 0.3) is 11.1 Å². The van der Waals surface area contributed by atoms with Gasteiger partial charge in [0.25, 0.3) is 5.69 Å². The van der Waals surface area contributed by atoms with E-state index in [-0.39, 0.29) is 5.69 Å². The third kappa shape index (κ3) is 2.34. The van der Waals surface area contributed by atoms with Crippen LogP contribution in [0, 0.1) is 10.1 Å². The van der Waals surface area contributed by atoms with Crippen LogP contribution in [0.4, 0.5) is 11.4 Å². The number of aromatic nitrogens is 2. The van der Waals surface area contributed by atoms with Gasteiger partial charge in [-0.3, -0.25) is 19.6 Å². The van der Waals surface area contributed by atoms with Crippen LogP contribution < -0.4 is 5.32 Å². The van der Waals surface area contributed by atoms with Crippen molar-refractivity contribution in [3.63, 3.8) is 0 Å². The molecule has 0 spiro atoms. The zero-order valence-corrected chi connectivity index (χ0v) is 9.53. The summed E-state index contributed by atoms with van der Waals surface area (Å²) in [6.45, 7) is 0. The molecule has 0 saturated heterocycles. The van der Waals surface area contributed by atoms with E-state index in [1.165, 1.54) is 12.1 Å². The van der Waals surface area contributed by atoms with Crippen LogP contribution in [0.2, 0.25) is 0 Å². The molecule has 0 bridgehead atoms. The Morgan fingerprint density at radius 2 is 2.17 bits per heavy atom. The Morgan fingerprint density at radius 3 is 2.72 bits per heavy atom. The minimum Gasteiger partial charge on any atom is -0.328 e. The monoisotopic (exact) mass is 246 g/mol. The lowest BCUT2D eigenvalue weighted by Crippen LogP contribution is -1.96. The molecule has 2 rings (SSSR count). The average Bonchev–Trinajstić information content (AvgIpc) is 2.76. The van der Waals surface area contributed by atoms with Gasteiger partial charge in [-0.1, -0.05) is 0 Å². The van der Waals surface area contributed by atoms with E-state index in [9.17, 15) is 14.9 Å². The van der Waals surface area contributed by atoms with Crippen LogP contribution in [-0.4, -0.2) is 21.1 Å². The maximum atomic E-state index is 10.8. The fourth-order valence-electron chi connectivity index (χ4n) is 1.60. The smallest absolute Gasteiger partial charge is 0.272 e. The molecule has 0 fully saturated rings. The lowest BCUT2D eigenvalue weighted by Gasteiger charge is -2.03. The number of nitro benzene ring substituents is 1. The maximum Gasteiger partial charge on any atom is 0.272 e. The summed E-state index contributed by atoms with van der Waals surface area (Å²) < 4.78 is 1.60. The summed E-state index contributed by atoms with van der Waals surface area (Å²) in [7, 11) is 1.76. The first-order valence-corrected chi connectivity index (χ1v) is 5.09. The van der Waals surface area contributed by atoms with Gasteiger partial charge in [0, 0.05) is 36.6 Å². The number of nitrogens with one attached hydrogen (secondary N) is 1. The first-order chi connectivity index (χ1) is 8.60. The first-order valence-electron chi connectivity index (χ1n) is 5.09. The number of carbonyl (C=O) groups excluding carboxylic acids is 1. The van der Waals surface area contributed by atoms with Crippen molar-refractivity contribution in [2.45, 2.75) is 0 Å². The van der Waals surface area contributed by atoms with Crippen LogP contribution in [0.1, 0.15) is 0 Å². The minimum atomic E-state index is -0.504. The maximum absolute atomic E-state index is 10.8. The zero-order chi connectivity index (χ0) is 13.1. The van der Waals surface area contributed by atoms with Crippen LogP contribution in [-0.2, 0) is 11.8 Å². The van der Waals surface area contributed by atoms with Crippen molar-refractivity contribution in [2.75, 3.05) is 5.32 Å². The molecule has 1 heterocycles. The Kier molecular flexibility index (Phi) is 3.05. The van der Waals surface area contributed by atoms with Crippen molar-refractivity contribution < 1.29 is 9.72 Å². The van der Waals surface area contributed by atoms with E-state index in [0.717, 1.165) is 5.56 Å². The van der Waals surface area contributed by atoms with Crippen molar-refractivity contribution >= 4 is 17.8 Å². The lowest BCUT2D eigenvalue weighted by atomic mass is 10.1. The van der Waals surface area contributed by atoms with E-state index < -0.39 is 4.92 Å². The number of hydrogen-bond donors (Lipinski definition) is 1. The van der Waals surface area contributed by atoms with E-state index in [1.807, 2.05) is 0 Å². The van der Waals surface area contributed by atoms with Crippen molar-refractivity contribution in [3.8, 4) is 11.1 Å². The molecule has 0 aliphatic rings. The topological polar surface area (TPSA) is 90.1 Å². The fourth-order valence-corrected chi connectivity index (χ4v) is 1.60. The first kappa shape index (κ1) is 11.8. The van der Waals surface area contributed by atoms with Gasteiger partial charge in [-0.25, -0.2) is 0 Å². The Bertz CT molecular complexity index is 606. The van der Waals surface area contributed by atoms with E-state index in [4.69, 9.17) is 0 Å². The van der Waals surface area contributed by atoms with Gasteiger partial charge in [-0.2, -0.15) is 5.10 Å². The Hall–Kier alpha value is -2.70. The van der Waals surface area contributed by atoms with Gasteiger partial charge in [-0.15, -0.1) is 0 Å². The van der Waals surface area contributed by atoms with Crippen molar-refractivity contribution in [3.05, 3.63) is 40.7 Å². The summed E-state index contributed by atoms with van der Waals surface area (Å²) in [5, 5.41) is 17.2. The number of benzene rings is 1. The van der Waals surface area contributed by atoms with Gasteiger partial charge < -0.3 is 5.32 Å². The molecule has 0 radical (unpaired) electrons. The molecule has 7 nitrogen and oxygen atoms in total. The van der Waals surface area contributed by atoms with E-state index in [1.54, 1.807) is 30.2 Å². The second kappa shape index (κ2) is 4.66. The summed E-state index contributed by atoms with van der Waals surface area (Å²) in [5.41, 5.74) is 1.66. The Morgan fingerprint density at radius 1 is 1.39 bits per heavy atom. The molecule has 0 aliphatic carbocycles. The SMILES string of the molecule is Cn1cc(-c2cc(NC=O)cc([N+](=O)[O-])c2)cn1. The van der Waals surface area contributed by atoms with Gasteiger partial charge in [0.05, 0.1) is 11.1 Å². The molecule has 1 aromatic heterocycles. The quantitative estimate of drug-likeness (QED) is 0.503. The number of rotatable bonds is 4. The van der Waals surface area contributed by atoms with Gasteiger partial charge in [0.15, 0.2) is 0 Å². The molecule has 2 aromatic rings. The molecular formula is C11H10N4O3. The molecule has 7 heteroatoms. The third-order valence-electron chi connectivity index (χ3n) is 2.39. The molecule has 1 amide bonds. The second-order valence-electron chi connectivity index (χ2n) is 3.69. The number of non-ortho nitro benzene ring substituents is 1. The number of nitrogens with zero attached hydrogens (tertiary/aromatic N) is 3. The molecule has 1 N–H and O–H groups in total. The van der Waals surface area contributed by atoms with Crippen molar-refractivity contribution in [1.82, 2.24) is 9.78 Å². The zero-order valence-electron chi connectivity index (χ0n) is 9.53. The number of amides is 1. The Labute approximate surface area is 102 Å². The molecule has 92 valence electrons. The van der Waals surface area contributed by atoms with E-state index in [2.05, 4.69) is 10.4 Å². The van der Waals surface area contributed by atoms with Gasteiger partial charge in [-0.05, 0) is 11.6 Å². The molecule has 0 unspecified atom stereocenters. The number of anilines is 1. The standard InChI is InChI=1S/C11H10N4O3/c1-14-6-9(5-13-14)8-2-10(12-7-16)4-11(3-8)15(17)18/h2-7H,1H3,(H,12,16). The van der Waals surface area contributed by atoms with E-state index in [0.29, 0.717) is 17.7 Å².